The molecule has 0 amide bonds. The van der Waals surface area contributed by atoms with Gasteiger partial charge in [0.15, 0.2) is 5.96 Å². The van der Waals surface area contributed by atoms with Crippen LogP contribution in [0, 0.1) is 6.92 Å². The second-order valence-corrected chi connectivity index (χ2v) is 8.49. The predicted octanol–water partition coefficient (Wildman–Crippen LogP) is 3.83. The van der Waals surface area contributed by atoms with E-state index in [9.17, 15) is 0 Å². The molecule has 0 spiro atoms. The molecule has 6 heteroatoms. The third-order valence-electron chi connectivity index (χ3n) is 4.03. The molecule has 0 unspecified atom stereocenters. The number of nitrogens with zero attached hydrogens (tertiary/aromatic N) is 2. The maximum absolute atomic E-state index is 4.71. The second kappa shape index (κ2) is 8.03. The smallest absolute Gasteiger partial charge is 0.191 e. The molecule has 128 valence electrons. The minimum atomic E-state index is 0.317. The van der Waals surface area contributed by atoms with Gasteiger partial charge in [0.25, 0.3) is 0 Å². The van der Waals surface area contributed by atoms with E-state index >= 15 is 0 Å². The number of aromatic nitrogens is 1. The number of nitrogens with one attached hydrogen (secondary N) is 2. The number of thiazole rings is 1. The maximum Gasteiger partial charge on any atom is 0.191 e. The van der Waals surface area contributed by atoms with E-state index in [-0.39, 0.29) is 0 Å². The molecule has 0 aliphatic heterocycles. The monoisotopic (exact) mass is 360 g/mol. The number of aryl methyl sites for hydroxylation is 1. The van der Waals surface area contributed by atoms with Gasteiger partial charge in [-0.25, -0.2) is 9.98 Å². The number of aliphatic imine (C=N–C) groups is 1. The Morgan fingerprint density at radius 2 is 2.08 bits per heavy atom. The van der Waals surface area contributed by atoms with Gasteiger partial charge < -0.3 is 10.6 Å². The minimum absolute atomic E-state index is 0.317. The Kier molecular flexibility index (Phi) is 5.79. The molecule has 1 aliphatic rings. The molecular weight excluding hydrogens is 336 g/mol. The van der Waals surface area contributed by atoms with Gasteiger partial charge >= 0.3 is 0 Å². The van der Waals surface area contributed by atoms with Crippen LogP contribution in [0.3, 0.4) is 0 Å². The van der Waals surface area contributed by atoms with Crippen LogP contribution >= 0.6 is 23.1 Å². The summed E-state index contributed by atoms with van der Waals surface area (Å²) in [5, 5.41) is 6.87. The zero-order chi connectivity index (χ0) is 16.8. The molecular formula is C18H24N4S2. The van der Waals surface area contributed by atoms with Crippen molar-refractivity contribution in [2.24, 2.45) is 4.99 Å². The summed E-state index contributed by atoms with van der Waals surface area (Å²) in [6.07, 6.45) is 2.51. The number of hydrogen-bond acceptors (Lipinski definition) is 4. The van der Waals surface area contributed by atoms with Gasteiger partial charge in [-0.1, -0.05) is 18.2 Å². The third-order valence-corrected chi connectivity index (χ3v) is 6.45. The molecule has 2 N–H and O–H groups in total. The summed E-state index contributed by atoms with van der Waals surface area (Å²) >= 11 is 3.65. The predicted molar refractivity (Wildman–Crippen MR) is 104 cm³/mol. The molecule has 1 aromatic carbocycles. The number of rotatable bonds is 7. The first-order valence-electron chi connectivity index (χ1n) is 8.36. The van der Waals surface area contributed by atoms with Gasteiger partial charge in [0, 0.05) is 27.6 Å². The summed E-state index contributed by atoms with van der Waals surface area (Å²) in [5.74, 6) is 0.894. The highest BCUT2D eigenvalue weighted by atomic mass is 32.2. The van der Waals surface area contributed by atoms with Crippen LogP contribution in [0.15, 0.2) is 45.7 Å². The average molecular weight is 361 g/mol. The highest BCUT2D eigenvalue weighted by Crippen LogP contribution is 2.51. The van der Waals surface area contributed by atoms with E-state index in [0.717, 1.165) is 24.7 Å². The molecule has 0 saturated heterocycles. The summed E-state index contributed by atoms with van der Waals surface area (Å²) in [4.78, 5) is 11.6. The van der Waals surface area contributed by atoms with Crippen LogP contribution in [0.5, 0.6) is 0 Å². The Hall–Kier alpha value is -1.53. The molecule has 4 nitrogen and oxygen atoms in total. The lowest BCUT2D eigenvalue weighted by atomic mass is 10.4. The lowest BCUT2D eigenvalue weighted by molar-refractivity contribution is 0.769. The molecule has 1 aliphatic carbocycles. The molecule has 1 saturated carbocycles. The number of guanidine groups is 1. The topological polar surface area (TPSA) is 49.3 Å². The Balaban J connectivity index is 1.57. The fraction of sp³-hybridized carbons (Fsp3) is 0.444. The van der Waals surface area contributed by atoms with Crippen molar-refractivity contribution in [2.75, 3.05) is 13.1 Å². The molecule has 0 radical (unpaired) electrons. The summed E-state index contributed by atoms with van der Waals surface area (Å²) in [7, 11) is 0. The Labute approximate surface area is 152 Å². The zero-order valence-electron chi connectivity index (χ0n) is 14.2. The van der Waals surface area contributed by atoms with Crippen molar-refractivity contribution in [1.29, 1.82) is 0 Å². The molecule has 0 bridgehead atoms. The molecule has 1 heterocycles. The van der Waals surface area contributed by atoms with Crippen molar-refractivity contribution < 1.29 is 0 Å². The van der Waals surface area contributed by atoms with Crippen molar-refractivity contribution in [2.45, 2.75) is 42.9 Å². The number of hydrogen-bond donors (Lipinski definition) is 2. The van der Waals surface area contributed by atoms with Gasteiger partial charge in [0.1, 0.15) is 0 Å². The largest absolute Gasteiger partial charge is 0.357 e. The summed E-state index contributed by atoms with van der Waals surface area (Å²) in [6, 6.07) is 10.7. The van der Waals surface area contributed by atoms with Gasteiger partial charge in [0.05, 0.1) is 17.7 Å². The first-order valence-corrected chi connectivity index (χ1v) is 10.1. The van der Waals surface area contributed by atoms with Crippen LogP contribution in [0.25, 0.3) is 0 Å². The fourth-order valence-corrected chi connectivity index (χ4v) is 4.35. The normalized spacial score (nSPS) is 16.0. The van der Waals surface area contributed by atoms with Gasteiger partial charge in [-0.05, 0) is 38.8 Å². The Morgan fingerprint density at radius 1 is 1.29 bits per heavy atom. The molecule has 1 aromatic heterocycles. The summed E-state index contributed by atoms with van der Waals surface area (Å²) < 4.78 is 0.317. The average Bonchev–Trinajstić information content (AvgIpc) is 3.23. The van der Waals surface area contributed by atoms with Crippen LogP contribution in [-0.2, 0) is 6.54 Å². The number of thioether (sulfide) groups is 1. The minimum Gasteiger partial charge on any atom is -0.357 e. The quantitative estimate of drug-likeness (QED) is 0.582. The maximum atomic E-state index is 4.71. The van der Waals surface area contributed by atoms with Gasteiger partial charge in [0.2, 0.25) is 0 Å². The molecule has 24 heavy (non-hydrogen) atoms. The van der Waals surface area contributed by atoms with E-state index in [0.29, 0.717) is 11.3 Å². The van der Waals surface area contributed by atoms with E-state index in [1.165, 1.54) is 22.6 Å². The van der Waals surface area contributed by atoms with Crippen LogP contribution < -0.4 is 10.6 Å². The lowest BCUT2D eigenvalue weighted by Gasteiger charge is -2.18. The van der Waals surface area contributed by atoms with E-state index in [1.807, 2.05) is 24.2 Å². The van der Waals surface area contributed by atoms with Crippen molar-refractivity contribution in [1.82, 2.24) is 15.6 Å². The van der Waals surface area contributed by atoms with Gasteiger partial charge in [-0.2, -0.15) is 0 Å². The highest BCUT2D eigenvalue weighted by Gasteiger charge is 2.43. The zero-order valence-corrected chi connectivity index (χ0v) is 15.8. The second-order valence-electron chi connectivity index (χ2n) is 6.01. The van der Waals surface area contributed by atoms with E-state index < -0.39 is 0 Å². The van der Waals surface area contributed by atoms with Crippen LogP contribution in [0.4, 0.5) is 0 Å². The standard InChI is InChI=1S/C18H24N4S2/c1-3-19-17(20-11-16-14(2)22-13-23-16)21-12-18(9-10-18)24-15-7-5-4-6-8-15/h4-8,13H,3,9-12H2,1-2H3,(H2,19,20,21). The highest BCUT2D eigenvalue weighted by molar-refractivity contribution is 8.01. The summed E-state index contributed by atoms with van der Waals surface area (Å²) in [6.45, 7) is 6.63. The first-order chi connectivity index (χ1) is 11.7. The van der Waals surface area contributed by atoms with Crippen LogP contribution in [-0.4, -0.2) is 28.8 Å². The van der Waals surface area contributed by atoms with Crippen molar-refractivity contribution in [3.63, 3.8) is 0 Å². The third kappa shape index (κ3) is 4.74. The van der Waals surface area contributed by atoms with E-state index in [2.05, 4.69) is 52.9 Å². The molecule has 0 atom stereocenters. The van der Waals surface area contributed by atoms with Crippen molar-refractivity contribution >= 4 is 29.1 Å². The fourth-order valence-electron chi connectivity index (χ4n) is 2.41. The van der Waals surface area contributed by atoms with Crippen molar-refractivity contribution in [3.8, 4) is 0 Å². The van der Waals surface area contributed by atoms with Crippen LogP contribution in [0.1, 0.15) is 30.3 Å². The molecule has 1 fully saturated rings. The summed E-state index contributed by atoms with van der Waals surface area (Å²) in [5.41, 5.74) is 2.97. The van der Waals surface area contributed by atoms with E-state index in [1.54, 1.807) is 11.3 Å². The van der Waals surface area contributed by atoms with E-state index in [4.69, 9.17) is 4.99 Å². The molecule has 2 aromatic rings. The molecule has 3 rings (SSSR count). The SMILES string of the molecule is CCNC(=NCc1scnc1C)NCC1(Sc2ccccc2)CC1. The van der Waals surface area contributed by atoms with Crippen molar-refractivity contribution in [3.05, 3.63) is 46.4 Å². The first kappa shape index (κ1) is 17.3. The van der Waals surface area contributed by atoms with Gasteiger partial charge in [-0.15, -0.1) is 23.1 Å². The number of benzene rings is 1. The Bertz CT molecular complexity index is 677. The lowest BCUT2D eigenvalue weighted by Crippen LogP contribution is -2.41. The Morgan fingerprint density at radius 3 is 2.71 bits per heavy atom. The van der Waals surface area contributed by atoms with Gasteiger partial charge in [-0.3, -0.25) is 0 Å². The van der Waals surface area contributed by atoms with Crippen LogP contribution in [0.2, 0.25) is 0 Å².